The van der Waals surface area contributed by atoms with Crippen LogP contribution in [0.1, 0.15) is 56.9 Å². The van der Waals surface area contributed by atoms with Gasteiger partial charge in [-0.05, 0) is 62.5 Å². The zero-order chi connectivity index (χ0) is 18.1. The summed E-state index contributed by atoms with van der Waals surface area (Å²) in [5.41, 5.74) is 0.170. The lowest BCUT2D eigenvalue weighted by molar-refractivity contribution is -0.144. The molecular formula is C21H28O4. The summed E-state index contributed by atoms with van der Waals surface area (Å²) in [7, 11) is 0. The highest BCUT2D eigenvalue weighted by Crippen LogP contribution is 2.35. The van der Waals surface area contributed by atoms with Gasteiger partial charge in [0, 0.05) is 6.42 Å². The van der Waals surface area contributed by atoms with E-state index in [2.05, 4.69) is 12.1 Å². The third-order valence-corrected chi connectivity index (χ3v) is 4.88. The Bertz CT molecular complexity index is 593. The van der Waals surface area contributed by atoms with Gasteiger partial charge in [-0.25, -0.2) is 0 Å². The summed E-state index contributed by atoms with van der Waals surface area (Å²) in [6.07, 6.45) is 9.31. The molecule has 0 aliphatic heterocycles. The topological polar surface area (TPSA) is 74.6 Å². The smallest absolute Gasteiger partial charge is 0.306 e. The third kappa shape index (κ3) is 7.22. The lowest BCUT2D eigenvalue weighted by Crippen LogP contribution is -2.37. The van der Waals surface area contributed by atoms with E-state index in [1.54, 1.807) is 6.08 Å². The molecule has 1 aliphatic carbocycles. The molecule has 4 nitrogen and oxygen atoms in total. The van der Waals surface area contributed by atoms with Crippen LogP contribution in [0.25, 0.3) is 0 Å². The van der Waals surface area contributed by atoms with Gasteiger partial charge in [0.15, 0.2) is 5.78 Å². The molecule has 0 unspecified atom stereocenters. The highest BCUT2D eigenvalue weighted by Gasteiger charge is 2.35. The Balaban J connectivity index is 1.69. The zero-order valence-electron chi connectivity index (χ0n) is 14.7. The first-order valence-corrected chi connectivity index (χ1v) is 9.16. The second kappa shape index (κ2) is 9.52. The van der Waals surface area contributed by atoms with Crippen LogP contribution in [0.4, 0.5) is 0 Å². The molecule has 1 aromatic carbocycles. The highest BCUT2D eigenvalue weighted by atomic mass is 16.4. The number of carbonyl (C=O) groups is 2. The fraction of sp³-hybridized carbons (Fsp3) is 0.524. The maximum atomic E-state index is 12.0. The molecule has 4 heteroatoms. The van der Waals surface area contributed by atoms with Gasteiger partial charge in [-0.1, -0.05) is 36.4 Å². The number of benzene rings is 1. The second-order valence-corrected chi connectivity index (χ2v) is 7.17. The van der Waals surface area contributed by atoms with Gasteiger partial charge in [-0.15, -0.1) is 0 Å². The van der Waals surface area contributed by atoms with E-state index in [1.807, 2.05) is 24.3 Å². The van der Waals surface area contributed by atoms with E-state index < -0.39 is 11.6 Å². The van der Waals surface area contributed by atoms with Gasteiger partial charge in [-0.3, -0.25) is 9.59 Å². The molecule has 2 N–H and O–H groups in total. The number of aliphatic hydroxyl groups is 1. The molecule has 0 heterocycles. The molecule has 0 saturated heterocycles. The molecule has 0 amide bonds. The second-order valence-electron chi connectivity index (χ2n) is 7.17. The molecule has 0 spiro atoms. The number of hydrogen-bond donors (Lipinski definition) is 2. The van der Waals surface area contributed by atoms with Gasteiger partial charge in [0.1, 0.15) is 0 Å². The summed E-state index contributed by atoms with van der Waals surface area (Å²) in [6, 6.07) is 10.3. The minimum Gasteiger partial charge on any atom is -0.481 e. The van der Waals surface area contributed by atoms with Crippen molar-refractivity contribution in [3.8, 4) is 0 Å². The van der Waals surface area contributed by atoms with Gasteiger partial charge >= 0.3 is 5.97 Å². The van der Waals surface area contributed by atoms with E-state index in [0.717, 1.165) is 32.1 Å². The average molecular weight is 344 g/mol. The fourth-order valence-electron chi connectivity index (χ4n) is 3.59. The van der Waals surface area contributed by atoms with Crippen molar-refractivity contribution >= 4 is 11.8 Å². The predicted octanol–water partition coefficient (Wildman–Crippen LogP) is 3.92. The van der Waals surface area contributed by atoms with Crippen molar-refractivity contribution in [2.24, 2.45) is 5.92 Å². The molecule has 25 heavy (non-hydrogen) atoms. The van der Waals surface area contributed by atoms with E-state index >= 15 is 0 Å². The number of unbranched alkanes of at least 4 members (excludes halogenated alkanes) is 1. The molecule has 1 fully saturated rings. The lowest BCUT2D eigenvalue weighted by Gasteiger charge is -2.34. The third-order valence-electron chi connectivity index (χ3n) is 4.88. The maximum Gasteiger partial charge on any atom is 0.306 e. The Morgan fingerprint density at radius 3 is 2.68 bits per heavy atom. The van der Waals surface area contributed by atoms with E-state index in [0.29, 0.717) is 19.3 Å². The number of carboxylic acids is 1. The molecule has 1 aliphatic rings. The molecular weight excluding hydrogens is 316 g/mol. The molecule has 1 saturated carbocycles. The largest absolute Gasteiger partial charge is 0.481 e. The van der Waals surface area contributed by atoms with Crippen LogP contribution < -0.4 is 0 Å². The molecule has 1 aromatic rings. The van der Waals surface area contributed by atoms with Crippen LogP contribution in [-0.2, 0) is 16.0 Å². The van der Waals surface area contributed by atoms with Crippen molar-refractivity contribution in [2.45, 2.75) is 63.4 Å². The number of aliphatic carboxylic acids is 1. The van der Waals surface area contributed by atoms with Crippen LogP contribution in [0.5, 0.6) is 0 Å². The minimum absolute atomic E-state index is 0.0892. The summed E-state index contributed by atoms with van der Waals surface area (Å²) < 4.78 is 0. The van der Waals surface area contributed by atoms with Crippen LogP contribution in [0.2, 0.25) is 0 Å². The first-order chi connectivity index (χ1) is 12.0. The van der Waals surface area contributed by atoms with Crippen molar-refractivity contribution in [2.75, 3.05) is 0 Å². The van der Waals surface area contributed by atoms with Gasteiger partial charge in [0.05, 0.1) is 12.0 Å². The fourth-order valence-corrected chi connectivity index (χ4v) is 3.59. The molecule has 136 valence electrons. The molecule has 2 atom stereocenters. The quantitative estimate of drug-likeness (QED) is 0.526. The predicted molar refractivity (Wildman–Crippen MR) is 97.3 cm³/mol. The number of ketones is 1. The van der Waals surface area contributed by atoms with Crippen LogP contribution in [0.3, 0.4) is 0 Å². The lowest BCUT2D eigenvalue weighted by atomic mass is 9.76. The molecule has 0 aromatic heterocycles. The number of carboxylic acid groups (broad SMARTS) is 1. The van der Waals surface area contributed by atoms with Crippen LogP contribution >= 0.6 is 0 Å². The van der Waals surface area contributed by atoms with Crippen LogP contribution in [-0.4, -0.2) is 27.6 Å². The SMILES string of the molecule is O=C(O)C[C@]1(O)CCC[C@H](/C=C/C(=O)CCCCc2ccccc2)C1. The van der Waals surface area contributed by atoms with Crippen molar-refractivity contribution < 1.29 is 19.8 Å². The standard InChI is InChI=1S/C21H28O4/c22-19(11-5-4-9-17-7-2-1-3-8-17)13-12-18-10-6-14-21(25,15-18)16-20(23)24/h1-3,7-8,12-13,18,25H,4-6,9-11,14-16H2,(H,23,24)/b13-12+/t18-,21+/m1/s1. The van der Waals surface area contributed by atoms with Crippen LogP contribution in [0.15, 0.2) is 42.5 Å². The van der Waals surface area contributed by atoms with Crippen molar-refractivity contribution in [1.29, 1.82) is 0 Å². The summed E-state index contributed by atoms with van der Waals surface area (Å²) >= 11 is 0. The number of hydrogen-bond acceptors (Lipinski definition) is 3. The monoisotopic (exact) mass is 344 g/mol. The summed E-state index contributed by atoms with van der Waals surface area (Å²) in [6.45, 7) is 0. The number of allylic oxidation sites excluding steroid dienone is 2. The number of aryl methyl sites for hydroxylation is 1. The minimum atomic E-state index is -1.13. The Labute approximate surface area is 149 Å². The first-order valence-electron chi connectivity index (χ1n) is 9.16. The van der Waals surface area contributed by atoms with Crippen LogP contribution in [0, 0.1) is 5.92 Å². The number of rotatable bonds is 9. The van der Waals surface area contributed by atoms with Gasteiger partial charge < -0.3 is 10.2 Å². The van der Waals surface area contributed by atoms with E-state index in [9.17, 15) is 14.7 Å². The Hall–Kier alpha value is -1.94. The Morgan fingerprint density at radius 2 is 1.96 bits per heavy atom. The zero-order valence-corrected chi connectivity index (χ0v) is 14.7. The Kier molecular flexibility index (Phi) is 7.38. The first kappa shape index (κ1) is 19.4. The van der Waals surface area contributed by atoms with E-state index in [-0.39, 0.29) is 18.1 Å². The van der Waals surface area contributed by atoms with Gasteiger partial charge in [0.2, 0.25) is 0 Å². The average Bonchev–Trinajstić information content (AvgIpc) is 2.57. The van der Waals surface area contributed by atoms with E-state index in [4.69, 9.17) is 5.11 Å². The maximum absolute atomic E-state index is 12.0. The van der Waals surface area contributed by atoms with Gasteiger partial charge in [-0.2, -0.15) is 0 Å². The van der Waals surface area contributed by atoms with Crippen molar-refractivity contribution in [1.82, 2.24) is 0 Å². The highest BCUT2D eigenvalue weighted by molar-refractivity contribution is 5.89. The molecule has 2 rings (SSSR count). The summed E-state index contributed by atoms with van der Waals surface area (Å²) in [5.74, 6) is -0.770. The van der Waals surface area contributed by atoms with Crippen molar-refractivity contribution in [3.63, 3.8) is 0 Å². The van der Waals surface area contributed by atoms with E-state index in [1.165, 1.54) is 5.56 Å². The summed E-state index contributed by atoms with van der Waals surface area (Å²) in [5, 5.41) is 19.3. The van der Waals surface area contributed by atoms with Crippen molar-refractivity contribution in [3.05, 3.63) is 48.0 Å². The normalized spacial score (nSPS) is 23.6. The molecule has 0 radical (unpaired) electrons. The Morgan fingerprint density at radius 1 is 1.20 bits per heavy atom. The number of carbonyl (C=O) groups excluding carboxylic acids is 1. The van der Waals surface area contributed by atoms with Gasteiger partial charge in [0.25, 0.3) is 0 Å². The summed E-state index contributed by atoms with van der Waals surface area (Å²) in [4.78, 5) is 22.9. The molecule has 0 bridgehead atoms.